The second-order valence-electron chi connectivity index (χ2n) is 4.78. The highest BCUT2D eigenvalue weighted by Crippen LogP contribution is 2.26. The first-order valence-corrected chi connectivity index (χ1v) is 7.55. The first kappa shape index (κ1) is 15.6. The highest BCUT2D eigenvalue weighted by atomic mass is 35.5. The highest BCUT2D eigenvalue weighted by Gasteiger charge is 2.08. The molecule has 0 aliphatic heterocycles. The lowest BCUT2D eigenvalue weighted by Gasteiger charge is -2.09. The Morgan fingerprint density at radius 2 is 1.74 bits per heavy atom. The van der Waals surface area contributed by atoms with E-state index in [0.29, 0.717) is 27.0 Å². The van der Waals surface area contributed by atoms with Crippen LogP contribution in [0.4, 0.5) is 5.69 Å². The van der Waals surface area contributed by atoms with Gasteiger partial charge in [0.05, 0.1) is 11.9 Å². The Hall–Kier alpha value is -2.30. The maximum atomic E-state index is 6.12. The maximum Gasteiger partial charge on any atom is 0.243 e. The molecule has 6 heteroatoms. The van der Waals surface area contributed by atoms with Crippen molar-refractivity contribution in [1.82, 2.24) is 9.97 Å². The van der Waals surface area contributed by atoms with Crippen LogP contribution in [0, 0.1) is 6.20 Å². The summed E-state index contributed by atoms with van der Waals surface area (Å²) in [6, 6.07) is 12.6. The number of halogens is 2. The summed E-state index contributed by atoms with van der Waals surface area (Å²) in [4.78, 5) is 8.41. The molecule has 0 spiro atoms. The summed E-state index contributed by atoms with van der Waals surface area (Å²) >= 11 is 12.2. The van der Waals surface area contributed by atoms with E-state index >= 15 is 0 Å². The molecular formula is C17H12Cl2N3O. The van der Waals surface area contributed by atoms with Crippen LogP contribution in [0.1, 0.15) is 5.56 Å². The van der Waals surface area contributed by atoms with Gasteiger partial charge in [0, 0.05) is 26.9 Å². The van der Waals surface area contributed by atoms with Gasteiger partial charge in [0.2, 0.25) is 5.88 Å². The van der Waals surface area contributed by atoms with Crippen LogP contribution in [-0.4, -0.2) is 9.97 Å². The van der Waals surface area contributed by atoms with Crippen molar-refractivity contribution in [3.63, 3.8) is 0 Å². The minimum atomic E-state index is 0.189. The topological polar surface area (TPSA) is 61.0 Å². The number of benzene rings is 2. The van der Waals surface area contributed by atoms with E-state index in [9.17, 15) is 0 Å². The maximum absolute atomic E-state index is 6.12. The van der Waals surface area contributed by atoms with Crippen molar-refractivity contribution < 1.29 is 4.74 Å². The summed E-state index contributed by atoms with van der Waals surface area (Å²) < 4.78 is 5.62. The Morgan fingerprint density at radius 3 is 2.43 bits per heavy atom. The van der Waals surface area contributed by atoms with Crippen molar-refractivity contribution in [2.75, 3.05) is 5.73 Å². The molecule has 4 nitrogen and oxygen atoms in total. The van der Waals surface area contributed by atoms with Crippen molar-refractivity contribution in [2.24, 2.45) is 0 Å². The SMILES string of the molecule is Nc1ccc(-c2cn[c]c(OCc3c(Cl)cccc3Cl)n2)cc1. The van der Waals surface area contributed by atoms with Gasteiger partial charge in [0.15, 0.2) is 6.20 Å². The van der Waals surface area contributed by atoms with Gasteiger partial charge in [-0.15, -0.1) is 0 Å². The molecule has 0 bridgehead atoms. The molecule has 1 radical (unpaired) electrons. The average Bonchev–Trinajstić information content (AvgIpc) is 2.55. The van der Waals surface area contributed by atoms with Crippen LogP contribution >= 0.6 is 23.2 Å². The van der Waals surface area contributed by atoms with Crippen LogP contribution in [0.2, 0.25) is 10.0 Å². The lowest BCUT2D eigenvalue weighted by Crippen LogP contribution is -2.00. The van der Waals surface area contributed by atoms with Gasteiger partial charge in [-0.1, -0.05) is 41.4 Å². The molecule has 0 aliphatic carbocycles. The van der Waals surface area contributed by atoms with Gasteiger partial charge in [-0.3, -0.25) is 0 Å². The van der Waals surface area contributed by atoms with Crippen LogP contribution in [0.3, 0.4) is 0 Å². The fourth-order valence-electron chi connectivity index (χ4n) is 1.98. The molecule has 0 unspecified atom stereocenters. The van der Waals surface area contributed by atoms with Crippen LogP contribution in [-0.2, 0) is 6.61 Å². The minimum absolute atomic E-state index is 0.189. The molecular weight excluding hydrogens is 333 g/mol. The monoisotopic (exact) mass is 344 g/mol. The van der Waals surface area contributed by atoms with Crippen LogP contribution < -0.4 is 10.5 Å². The Bertz CT molecular complexity index is 802. The number of nitrogens with zero attached hydrogens (tertiary/aromatic N) is 2. The lowest BCUT2D eigenvalue weighted by atomic mass is 10.1. The molecule has 2 N–H and O–H groups in total. The van der Waals surface area contributed by atoms with Gasteiger partial charge >= 0.3 is 0 Å². The predicted molar refractivity (Wildman–Crippen MR) is 91.5 cm³/mol. The highest BCUT2D eigenvalue weighted by molar-refractivity contribution is 6.35. The van der Waals surface area contributed by atoms with E-state index in [1.54, 1.807) is 36.5 Å². The molecule has 1 aromatic heterocycles. The second-order valence-corrected chi connectivity index (χ2v) is 5.60. The molecule has 1 heterocycles. The largest absolute Gasteiger partial charge is 0.471 e. The number of anilines is 1. The van der Waals surface area contributed by atoms with E-state index in [1.807, 2.05) is 12.1 Å². The van der Waals surface area contributed by atoms with Crippen molar-refractivity contribution >= 4 is 28.9 Å². The van der Waals surface area contributed by atoms with E-state index in [2.05, 4.69) is 16.2 Å². The first-order valence-electron chi connectivity index (χ1n) is 6.80. The number of nitrogen functional groups attached to an aromatic ring is 1. The number of rotatable bonds is 4. The summed E-state index contributed by atoms with van der Waals surface area (Å²) in [7, 11) is 0. The van der Waals surface area contributed by atoms with Gasteiger partial charge in [-0.05, 0) is 24.3 Å². The number of hydrogen-bond acceptors (Lipinski definition) is 4. The summed E-state index contributed by atoms with van der Waals surface area (Å²) in [5.41, 5.74) is 8.63. The third-order valence-corrected chi connectivity index (χ3v) is 3.90. The molecule has 3 aromatic rings. The van der Waals surface area contributed by atoms with Gasteiger partial charge < -0.3 is 10.5 Å². The zero-order valence-corrected chi connectivity index (χ0v) is 13.5. The molecule has 3 rings (SSSR count). The van der Waals surface area contributed by atoms with E-state index in [4.69, 9.17) is 33.7 Å². The summed E-state index contributed by atoms with van der Waals surface area (Å²) in [5.74, 6) is 0.273. The molecule has 0 saturated carbocycles. The van der Waals surface area contributed by atoms with Gasteiger partial charge in [0.25, 0.3) is 0 Å². The lowest BCUT2D eigenvalue weighted by molar-refractivity contribution is 0.292. The molecule has 23 heavy (non-hydrogen) atoms. The average molecular weight is 345 g/mol. The van der Waals surface area contributed by atoms with Crippen molar-refractivity contribution in [1.29, 1.82) is 0 Å². The third-order valence-electron chi connectivity index (χ3n) is 3.19. The molecule has 0 aliphatic rings. The van der Waals surface area contributed by atoms with E-state index in [-0.39, 0.29) is 12.5 Å². The summed E-state index contributed by atoms with van der Waals surface area (Å²) in [6.07, 6.45) is 4.32. The van der Waals surface area contributed by atoms with Crippen LogP contribution in [0.25, 0.3) is 11.3 Å². The summed E-state index contributed by atoms with van der Waals surface area (Å²) in [5, 5.41) is 1.08. The van der Waals surface area contributed by atoms with Crippen LogP contribution in [0.15, 0.2) is 48.7 Å². The predicted octanol–water partition coefficient (Wildman–Crippen LogP) is 4.41. The zero-order valence-electron chi connectivity index (χ0n) is 12.0. The van der Waals surface area contributed by atoms with Crippen LogP contribution in [0.5, 0.6) is 5.88 Å². The Labute approximate surface area is 143 Å². The second kappa shape index (κ2) is 6.86. The van der Waals surface area contributed by atoms with E-state index < -0.39 is 0 Å². The minimum Gasteiger partial charge on any atom is -0.471 e. The zero-order chi connectivity index (χ0) is 16.2. The summed E-state index contributed by atoms with van der Waals surface area (Å²) in [6.45, 7) is 0.189. The quantitative estimate of drug-likeness (QED) is 0.712. The normalized spacial score (nSPS) is 10.5. The Morgan fingerprint density at radius 1 is 1.04 bits per heavy atom. The number of ether oxygens (including phenoxy) is 1. The molecule has 115 valence electrons. The van der Waals surface area contributed by atoms with Gasteiger partial charge in [0.1, 0.15) is 6.61 Å². The Balaban J connectivity index is 1.79. The smallest absolute Gasteiger partial charge is 0.243 e. The van der Waals surface area contributed by atoms with Gasteiger partial charge in [-0.2, -0.15) is 0 Å². The van der Waals surface area contributed by atoms with Gasteiger partial charge in [-0.25, -0.2) is 9.97 Å². The first-order chi connectivity index (χ1) is 11.1. The fourth-order valence-corrected chi connectivity index (χ4v) is 2.49. The number of hydrogen-bond donors (Lipinski definition) is 1. The molecule has 0 atom stereocenters. The molecule has 2 aromatic carbocycles. The van der Waals surface area contributed by atoms with E-state index in [1.165, 1.54) is 0 Å². The van der Waals surface area contributed by atoms with Crippen molar-refractivity contribution in [3.05, 3.63) is 70.5 Å². The standard InChI is InChI=1S/C17H12Cl2N3O/c18-14-2-1-3-15(19)13(14)10-23-17-9-21-8-16(22-17)11-4-6-12(20)7-5-11/h1-8H,10,20H2. The van der Waals surface area contributed by atoms with Crippen molar-refractivity contribution in [2.45, 2.75) is 6.61 Å². The number of aromatic nitrogens is 2. The Kier molecular flexibility index (Phi) is 4.65. The van der Waals surface area contributed by atoms with Crippen molar-refractivity contribution in [3.8, 4) is 17.1 Å². The fraction of sp³-hybridized carbons (Fsp3) is 0.0588. The number of nitrogens with two attached hydrogens (primary N) is 1. The molecule has 0 amide bonds. The molecule has 0 fully saturated rings. The molecule has 0 saturated heterocycles. The third kappa shape index (κ3) is 3.73. The van der Waals surface area contributed by atoms with E-state index in [0.717, 1.165) is 5.56 Å².